The van der Waals surface area contributed by atoms with Crippen molar-refractivity contribution >= 4 is 22.4 Å². The number of rotatable bonds is 8. The minimum absolute atomic E-state index is 0.288. The Balaban J connectivity index is 1.39. The lowest BCUT2D eigenvalue weighted by Crippen LogP contribution is -2.12. The number of aryl methyl sites for hydroxylation is 2. The highest BCUT2D eigenvalue weighted by molar-refractivity contribution is 7.15. The van der Waals surface area contributed by atoms with Crippen LogP contribution in [-0.2, 0) is 12.8 Å². The number of anilines is 1. The molecule has 1 aromatic heterocycles. The maximum Gasteiger partial charge on any atom is 0.261 e. The quantitative estimate of drug-likeness (QED) is 0.406. The summed E-state index contributed by atoms with van der Waals surface area (Å²) in [6.45, 7) is 0. The lowest BCUT2D eigenvalue weighted by atomic mass is 10.1. The van der Waals surface area contributed by atoms with Crippen LogP contribution in [0.2, 0.25) is 0 Å². The number of amides is 1. The second-order valence-corrected chi connectivity index (χ2v) is 7.78. The Morgan fingerprint density at radius 2 is 1.61 bits per heavy atom. The van der Waals surface area contributed by atoms with Gasteiger partial charge in [0, 0.05) is 6.42 Å². The summed E-state index contributed by atoms with van der Waals surface area (Å²) in [7, 11) is 1.65. The third kappa shape index (κ3) is 5.46. The largest absolute Gasteiger partial charge is 0.497 e. The van der Waals surface area contributed by atoms with E-state index in [2.05, 4.69) is 15.5 Å². The highest BCUT2D eigenvalue weighted by Gasteiger charge is 2.15. The van der Waals surface area contributed by atoms with Crippen LogP contribution >= 0.6 is 11.3 Å². The topological polar surface area (TPSA) is 73.3 Å². The molecule has 31 heavy (non-hydrogen) atoms. The number of para-hydroxylation sites is 2. The molecule has 1 heterocycles. The van der Waals surface area contributed by atoms with Crippen LogP contribution < -0.4 is 14.8 Å². The molecule has 1 N–H and O–H groups in total. The molecule has 1 amide bonds. The molecule has 0 aliphatic rings. The van der Waals surface area contributed by atoms with Crippen molar-refractivity contribution in [2.24, 2.45) is 0 Å². The predicted octanol–water partition coefficient (Wildman–Crippen LogP) is 5.38. The molecule has 3 aromatic carbocycles. The Labute approximate surface area is 184 Å². The van der Waals surface area contributed by atoms with Crippen molar-refractivity contribution in [2.45, 2.75) is 12.8 Å². The summed E-state index contributed by atoms with van der Waals surface area (Å²) in [5.74, 6) is 1.69. The van der Waals surface area contributed by atoms with Gasteiger partial charge in [-0.3, -0.25) is 10.1 Å². The smallest absolute Gasteiger partial charge is 0.261 e. The van der Waals surface area contributed by atoms with Crippen molar-refractivity contribution < 1.29 is 14.3 Å². The predicted molar refractivity (Wildman–Crippen MR) is 121 cm³/mol. The zero-order valence-electron chi connectivity index (χ0n) is 16.9. The third-order valence-electron chi connectivity index (χ3n) is 4.58. The van der Waals surface area contributed by atoms with Crippen LogP contribution in [0.15, 0.2) is 78.9 Å². The van der Waals surface area contributed by atoms with Gasteiger partial charge in [0.1, 0.15) is 22.3 Å². The summed E-state index contributed by atoms with van der Waals surface area (Å²) >= 11 is 1.37. The standard InChI is InChI=1S/C24H21N3O3S/c1-29-18-14-11-17(12-15-18)13-16-22-26-27-24(31-22)25-23(28)20-9-5-6-10-21(20)30-19-7-3-2-4-8-19/h2-12,14-15H,13,16H2,1H3,(H,25,27,28). The fourth-order valence-electron chi connectivity index (χ4n) is 2.97. The van der Waals surface area contributed by atoms with E-state index < -0.39 is 0 Å². The summed E-state index contributed by atoms with van der Waals surface area (Å²) in [6, 6.07) is 24.4. The summed E-state index contributed by atoms with van der Waals surface area (Å²) in [5.41, 5.74) is 1.62. The molecule has 0 spiro atoms. The minimum Gasteiger partial charge on any atom is -0.497 e. The van der Waals surface area contributed by atoms with E-state index in [1.807, 2.05) is 60.7 Å². The number of ether oxygens (including phenoxy) is 2. The van der Waals surface area contributed by atoms with Gasteiger partial charge in [-0.15, -0.1) is 10.2 Å². The molecule has 4 rings (SSSR count). The molecule has 0 saturated heterocycles. The van der Waals surface area contributed by atoms with Crippen molar-refractivity contribution in [3.63, 3.8) is 0 Å². The molecule has 0 bridgehead atoms. The van der Waals surface area contributed by atoms with E-state index in [1.54, 1.807) is 25.3 Å². The Morgan fingerprint density at radius 3 is 2.39 bits per heavy atom. The monoisotopic (exact) mass is 431 g/mol. The molecule has 7 heteroatoms. The number of aromatic nitrogens is 2. The second-order valence-electron chi connectivity index (χ2n) is 6.71. The first kappa shape index (κ1) is 20.6. The van der Waals surface area contributed by atoms with Gasteiger partial charge in [0.25, 0.3) is 5.91 Å². The highest BCUT2D eigenvalue weighted by Crippen LogP contribution is 2.26. The van der Waals surface area contributed by atoms with Crippen molar-refractivity contribution in [3.05, 3.63) is 95.0 Å². The van der Waals surface area contributed by atoms with Crippen molar-refractivity contribution in [1.29, 1.82) is 0 Å². The Morgan fingerprint density at radius 1 is 0.871 bits per heavy atom. The summed E-state index contributed by atoms with van der Waals surface area (Å²) < 4.78 is 11.1. The number of carbonyl (C=O) groups excluding carboxylic acids is 1. The van der Waals surface area contributed by atoms with E-state index in [0.29, 0.717) is 22.2 Å². The van der Waals surface area contributed by atoms with Crippen LogP contribution in [0.25, 0.3) is 0 Å². The molecule has 0 atom stereocenters. The lowest BCUT2D eigenvalue weighted by molar-refractivity contribution is 0.102. The van der Waals surface area contributed by atoms with Gasteiger partial charge in [-0.25, -0.2) is 0 Å². The van der Waals surface area contributed by atoms with Gasteiger partial charge >= 0.3 is 0 Å². The summed E-state index contributed by atoms with van der Waals surface area (Å²) in [6.07, 6.45) is 1.58. The highest BCUT2D eigenvalue weighted by atomic mass is 32.1. The van der Waals surface area contributed by atoms with Crippen LogP contribution in [0.1, 0.15) is 20.9 Å². The first-order chi connectivity index (χ1) is 15.2. The summed E-state index contributed by atoms with van der Waals surface area (Å²) in [5, 5.41) is 12.5. The van der Waals surface area contributed by atoms with Gasteiger partial charge in [-0.1, -0.05) is 53.8 Å². The molecular formula is C24H21N3O3S. The van der Waals surface area contributed by atoms with E-state index >= 15 is 0 Å². The number of hydrogen-bond acceptors (Lipinski definition) is 6. The first-order valence-electron chi connectivity index (χ1n) is 9.80. The molecule has 0 aliphatic heterocycles. The normalized spacial score (nSPS) is 10.5. The maximum atomic E-state index is 12.8. The minimum atomic E-state index is -0.288. The average molecular weight is 432 g/mol. The maximum absolute atomic E-state index is 12.8. The van der Waals surface area contributed by atoms with Gasteiger partial charge in [0.15, 0.2) is 0 Å². The van der Waals surface area contributed by atoms with E-state index in [0.717, 1.165) is 23.6 Å². The zero-order chi connectivity index (χ0) is 21.5. The van der Waals surface area contributed by atoms with Crippen LogP contribution in [-0.4, -0.2) is 23.2 Å². The fraction of sp³-hybridized carbons (Fsp3) is 0.125. The third-order valence-corrected chi connectivity index (χ3v) is 5.48. The Bertz CT molecular complexity index is 1140. The number of nitrogens with one attached hydrogen (secondary N) is 1. The molecule has 4 aromatic rings. The van der Waals surface area contributed by atoms with Crippen molar-refractivity contribution in [3.8, 4) is 17.2 Å². The molecule has 0 aliphatic carbocycles. The van der Waals surface area contributed by atoms with Gasteiger partial charge in [-0.05, 0) is 48.4 Å². The first-order valence-corrected chi connectivity index (χ1v) is 10.6. The fourth-order valence-corrected chi connectivity index (χ4v) is 3.71. The van der Waals surface area contributed by atoms with E-state index in [9.17, 15) is 4.79 Å². The molecule has 0 fully saturated rings. The van der Waals surface area contributed by atoms with E-state index in [1.165, 1.54) is 16.9 Å². The molecule has 0 unspecified atom stereocenters. The number of benzene rings is 3. The Hall–Kier alpha value is -3.71. The van der Waals surface area contributed by atoms with E-state index in [4.69, 9.17) is 9.47 Å². The number of carbonyl (C=O) groups is 1. The molecule has 6 nitrogen and oxygen atoms in total. The van der Waals surface area contributed by atoms with E-state index in [-0.39, 0.29) is 5.91 Å². The van der Waals surface area contributed by atoms with Crippen molar-refractivity contribution in [2.75, 3.05) is 12.4 Å². The summed E-state index contributed by atoms with van der Waals surface area (Å²) in [4.78, 5) is 12.8. The van der Waals surface area contributed by atoms with Gasteiger partial charge in [0.05, 0.1) is 12.7 Å². The van der Waals surface area contributed by atoms with Gasteiger partial charge in [0.2, 0.25) is 5.13 Å². The SMILES string of the molecule is COc1ccc(CCc2nnc(NC(=O)c3ccccc3Oc3ccccc3)s2)cc1. The molecule has 156 valence electrons. The van der Waals surface area contributed by atoms with Gasteiger partial charge < -0.3 is 9.47 Å². The van der Waals surface area contributed by atoms with Crippen LogP contribution in [0.4, 0.5) is 5.13 Å². The average Bonchev–Trinajstić information content (AvgIpc) is 3.26. The molecular weight excluding hydrogens is 410 g/mol. The molecule has 0 radical (unpaired) electrons. The Kier molecular flexibility index (Phi) is 6.54. The number of hydrogen-bond donors (Lipinski definition) is 1. The number of methoxy groups -OCH3 is 1. The zero-order valence-corrected chi connectivity index (χ0v) is 17.8. The number of nitrogens with zero attached hydrogens (tertiary/aromatic N) is 2. The van der Waals surface area contributed by atoms with Gasteiger partial charge in [-0.2, -0.15) is 0 Å². The molecule has 0 saturated carbocycles. The lowest BCUT2D eigenvalue weighted by Gasteiger charge is -2.10. The van der Waals surface area contributed by atoms with Crippen LogP contribution in [0.3, 0.4) is 0 Å². The second kappa shape index (κ2) is 9.86. The van der Waals surface area contributed by atoms with Crippen LogP contribution in [0, 0.1) is 0 Å². The van der Waals surface area contributed by atoms with Crippen LogP contribution in [0.5, 0.6) is 17.2 Å². The van der Waals surface area contributed by atoms with Crippen molar-refractivity contribution in [1.82, 2.24) is 10.2 Å².